The number of quaternary nitrogens is 1. The van der Waals surface area contributed by atoms with Crippen molar-refractivity contribution < 1.29 is 4.48 Å². The highest BCUT2D eigenvalue weighted by molar-refractivity contribution is 5.32. The van der Waals surface area contributed by atoms with Crippen molar-refractivity contribution in [1.29, 1.82) is 0 Å². The molecule has 0 N–H and O–H groups in total. The number of hydrogen-bond donors (Lipinski definition) is 0. The van der Waals surface area contributed by atoms with Crippen molar-refractivity contribution in [2.24, 2.45) is 0 Å². The van der Waals surface area contributed by atoms with Crippen LogP contribution >= 0.6 is 0 Å². The first kappa shape index (κ1) is 11.6. The third-order valence-corrected chi connectivity index (χ3v) is 3.40. The van der Waals surface area contributed by atoms with Gasteiger partial charge in [-0.1, -0.05) is 24.3 Å². The smallest absolute Gasteiger partial charge is 0.0981 e. The van der Waals surface area contributed by atoms with Crippen molar-refractivity contribution in [3.8, 4) is 0 Å². The molecule has 16 heavy (non-hydrogen) atoms. The summed E-state index contributed by atoms with van der Waals surface area (Å²) < 4.78 is 1.02. The molecule has 1 aromatic carbocycles. The van der Waals surface area contributed by atoms with Gasteiger partial charge in [-0.2, -0.15) is 0 Å². The summed E-state index contributed by atoms with van der Waals surface area (Å²) in [5.74, 6) is 0. The highest BCUT2D eigenvalue weighted by Crippen LogP contribution is 2.29. The van der Waals surface area contributed by atoms with Gasteiger partial charge in [-0.05, 0) is 24.6 Å². The summed E-state index contributed by atoms with van der Waals surface area (Å²) in [7, 11) is 9.05. The lowest BCUT2D eigenvalue weighted by Crippen LogP contribution is -2.45. The number of rotatable bonds is 2. The van der Waals surface area contributed by atoms with Crippen LogP contribution < -0.4 is 0 Å². The van der Waals surface area contributed by atoms with E-state index in [4.69, 9.17) is 0 Å². The Labute approximate surface area is 99.1 Å². The van der Waals surface area contributed by atoms with Crippen LogP contribution in [-0.4, -0.2) is 50.7 Å². The number of benzene rings is 1. The Hall–Kier alpha value is -0.860. The molecule has 0 aliphatic carbocycles. The molecule has 2 nitrogen and oxygen atoms in total. The van der Waals surface area contributed by atoms with Crippen LogP contribution in [0.4, 0.5) is 0 Å². The quantitative estimate of drug-likeness (QED) is 0.687. The van der Waals surface area contributed by atoms with E-state index in [1.165, 1.54) is 25.1 Å². The molecule has 0 aromatic heterocycles. The average molecular weight is 219 g/mol. The summed E-state index contributed by atoms with van der Waals surface area (Å²) in [5.41, 5.74) is 3.07. The zero-order valence-corrected chi connectivity index (χ0v) is 10.9. The van der Waals surface area contributed by atoms with E-state index in [0.29, 0.717) is 6.04 Å². The molecule has 88 valence electrons. The molecule has 2 rings (SSSR count). The number of fused-ring (bicyclic) bond motifs is 1. The number of likely N-dealkylation sites (N-methyl/N-ethyl adjacent to an activating group) is 2. The molecular weight excluding hydrogens is 196 g/mol. The SMILES string of the molecule is CN1CCc2ccccc2C1C[N+](C)(C)C. The van der Waals surface area contributed by atoms with E-state index < -0.39 is 0 Å². The van der Waals surface area contributed by atoms with Gasteiger partial charge in [0.1, 0.15) is 0 Å². The monoisotopic (exact) mass is 219 g/mol. The topological polar surface area (TPSA) is 3.24 Å². The molecule has 1 unspecified atom stereocenters. The van der Waals surface area contributed by atoms with E-state index in [1.54, 1.807) is 5.56 Å². The second-order valence-electron chi connectivity index (χ2n) is 5.92. The van der Waals surface area contributed by atoms with Crippen molar-refractivity contribution in [1.82, 2.24) is 4.90 Å². The second kappa shape index (κ2) is 4.19. The van der Waals surface area contributed by atoms with Crippen LogP contribution in [0.25, 0.3) is 0 Å². The van der Waals surface area contributed by atoms with Crippen LogP contribution in [0.2, 0.25) is 0 Å². The van der Waals surface area contributed by atoms with Crippen LogP contribution in [0.1, 0.15) is 17.2 Å². The number of nitrogens with zero attached hydrogens (tertiary/aromatic N) is 2. The van der Waals surface area contributed by atoms with Gasteiger partial charge >= 0.3 is 0 Å². The maximum Gasteiger partial charge on any atom is 0.0981 e. The molecule has 0 bridgehead atoms. The third kappa shape index (κ3) is 2.45. The Bertz CT molecular complexity index is 365. The predicted molar refractivity (Wildman–Crippen MR) is 68.4 cm³/mol. The molecule has 1 heterocycles. The summed E-state index contributed by atoms with van der Waals surface area (Å²) in [6.45, 7) is 2.36. The molecule has 1 aliphatic heterocycles. The highest BCUT2D eigenvalue weighted by Gasteiger charge is 2.28. The van der Waals surface area contributed by atoms with E-state index in [2.05, 4.69) is 57.4 Å². The Morgan fingerprint density at radius 3 is 2.62 bits per heavy atom. The lowest BCUT2D eigenvalue weighted by Gasteiger charge is -2.38. The van der Waals surface area contributed by atoms with Crippen molar-refractivity contribution in [2.75, 3.05) is 41.3 Å². The number of hydrogen-bond acceptors (Lipinski definition) is 1. The normalized spacial score (nSPS) is 21.9. The predicted octanol–water partition coefficient (Wildman–Crippen LogP) is 1.92. The zero-order valence-electron chi connectivity index (χ0n) is 10.9. The van der Waals surface area contributed by atoms with E-state index in [1.807, 2.05) is 0 Å². The minimum Gasteiger partial charge on any atom is -0.329 e. The van der Waals surface area contributed by atoms with Crippen LogP contribution in [-0.2, 0) is 6.42 Å². The van der Waals surface area contributed by atoms with Gasteiger partial charge in [0.05, 0.1) is 33.7 Å². The summed E-state index contributed by atoms with van der Waals surface area (Å²) in [4.78, 5) is 2.49. The first-order valence-electron chi connectivity index (χ1n) is 6.06. The molecule has 1 aromatic rings. The van der Waals surface area contributed by atoms with E-state index in [9.17, 15) is 0 Å². The summed E-state index contributed by atoms with van der Waals surface area (Å²) in [5, 5.41) is 0. The molecule has 0 saturated heterocycles. The fourth-order valence-electron chi connectivity index (χ4n) is 2.53. The lowest BCUT2D eigenvalue weighted by molar-refractivity contribution is -0.873. The summed E-state index contributed by atoms with van der Waals surface area (Å²) >= 11 is 0. The molecule has 0 amide bonds. The lowest BCUT2D eigenvalue weighted by atomic mass is 9.92. The van der Waals surface area contributed by atoms with Crippen molar-refractivity contribution in [2.45, 2.75) is 12.5 Å². The van der Waals surface area contributed by atoms with Gasteiger partial charge in [-0.25, -0.2) is 0 Å². The van der Waals surface area contributed by atoms with Gasteiger partial charge in [0.15, 0.2) is 0 Å². The Kier molecular flexibility index (Phi) is 3.04. The van der Waals surface area contributed by atoms with Crippen LogP contribution in [0.5, 0.6) is 0 Å². The third-order valence-electron chi connectivity index (χ3n) is 3.40. The van der Waals surface area contributed by atoms with Gasteiger partial charge in [0.25, 0.3) is 0 Å². The fourth-order valence-corrected chi connectivity index (χ4v) is 2.53. The van der Waals surface area contributed by atoms with E-state index in [-0.39, 0.29) is 0 Å². The zero-order chi connectivity index (χ0) is 11.8. The maximum absolute atomic E-state index is 2.49. The van der Waals surface area contributed by atoms with Gasteiger partial charge < -0.3 is 4.48 Å². The van der Waals surface area contributed by atoms with Gasteiger partial charge in [0, 0.05) is 6.54 Å². The molecule has 0 radical (unpaired) electrons. The summed E-state index contributed by atoms with van der Waals surface area (Å²) in [6, 6.07) is 9.48. The summed E-state index contributed by atoms with van der Waals surface area (Å²) in [6.07, 6.45) is 1.19. The van der Waals surface area contributed by atoms with Crippen LogP contribution in [0.15, 0.2) is 24.3 Å². The molecule has 1 aliphatic rings. The van der Waals surface area contributed by atoms with Gasteiger partial charge in [0.2, 0.25) is 0 Å². The largest absolute Gasteiger partial charge is 0.329 e. The maximum atomic E-state index is 2.49. The first-order chi connectivity index (χ1) is 7.47. The molecule has 1 atom stereocenters. The van der Waals surface area contributed by atoms with E-state index in [0.717, 1.165) is 4.48 Å². The second-order valence-corrected chi connectivity index (χ2v) is 5.92. The molecule has 0 saturated carbocycles. The van der Waals surface area contributed by atoms with Crippen molar-refractivity contribution >= 4 is 0 Å². The molecule has 0 fully saturated rings. The minimum atomic E-state index is 0.574. The highest BCUT2D eigenvalue weighted by atomic mass is 15.3. The molecule has 2 heteroatoms. The standard InChI is InChI=1S/C14H23N2/c1-15-10-9-12-7-5-6-8-13(12)14(15)11-16(2,3)4/h5-8,14H,9-11H2,1-4H3/q+1. The fraction of sp³-hybridized carbons (Fsp3) is 0.571. The Balaban J connectivity index is 2.30. The average Bonchev–Trinajstić information content (AvgIpc) is 2.21. The minimum absolute atomic E-state index is 0.574. The van der Waals surface area contributed by atoms with Crippen molar-refractivity contribution in [3.63, 3.8) is 0 Å². The van der Waals surface area contributed by atoms with Crippen LogP contribution in [0.3, 0.4) is 0 Å². The first-order valence-corrected chi connectivity index (χ1v) is 6.06. The Morgan fingerprint density at radius 2 is 1.94 bits per heavy atom. The Morgan fingerprint density at radius 1 is 1.25 bits per heavy atom. The van der Waals surface area contributed by atoms with Gasteiger partial charge in [-0.3, -0.25) is 4.90 Å². The molecular formula is C14H23N2+. The van der Waals surface area contributed by atoms with Crippen LogP contribution in [0, 0.1) is 0 Å². The van der Waals surface area contributed by atoms with Crippen molar-refractivity contribution in [3.05, 3.63) is 35.4 Å². The van der Waals surface area contributed by atoms with E-state index >= 15 is 0 Å². The van der Waals surface area contributed by atoms with Gasteiger partial charge in [-0.15, -0.1) is 0 Å². The molecule has 0 spiro atoms.